The Bertz CT molecular complexity index is 809. The van der Waals surface area contributed by atoms with E-state index in [4.69, 9.17) is 0 Å². The number of fused-ring (bicyclic) bond motifs is 1. The zero-order valence-electron chi connectivity index (χ0n) is 14.8. The quantitative estimate of drug-likeness (QED) is 0.884. The molecule has 2 N–H and O–H groups in total. The van der Waals surface area contributed by atoms with Gasteiger partial charge in [-0.15, -0.1) is 0 Å². The van der Waals surface area contributed by atoms with Gasteiger partial charge < -0.3 is 15.5 Å². The second-order valence-electron chi connectivity index (χ2n) is 7.16. The normalized spacial score (nSPS) is 19.4. The van der Waals surface area contributed by atoms with Crippen LogP contribution in [0.3, 0.4) is 0 Å². The minimum atomic E-state index is -0.629. The van der Waals surface area contributed by atoms with Crippen molar-refractivity contribution in [2.24, 2.45) is 5.92 Å². The molecule has 4 rings (SSSR count). The van der Waals surface area contributed by atoms with Crippen LogP contribution in [0.25, 0.3) is 0 Å². The Balaban J connectivity index is 1.41. The van der Waals surface area contributed by atoms with E-state index in [9.17, 15) is 9.59 Å². The van der Waals surface area contributed by atoms with E-state index in [1.165, 1.54) is 0 Å². The fraction of sp³-hybridized carbons (Fsp3) is 0.421. The molecule has 1 spiro atoms. The lowest BCUT2D eigenvalue weighted by atomic mass is 9.84. The first-order chi connectivity index (χ1) is 12.6. The topological polar surface area (TPSA) is 79.3 Å². The van der Waals surface area contributed by atoms with Gasteiger partial charge in [-0.2, -0.15) is 5.10 Å². The van der Waals surface area contributed by atoms with Gasteiger partial charge in [-0.1, -0.05) is 19.1 Å². The number of piperidine rings is 1. The van der Waals surface area contributed by atoms with Gasteiger partial charge in [0.2, 0.25) is 11.8 Å². The Morgan fingerprint density at radius 1 is 1.23 bits per heavy atom. The van der Waals surface area contributed by atoms with Crippen molar-refractivity contribution >= 4 is 23.2 Å². The van der Waals surface area contributed by atoms with E-state index in [1.54, 1.807) is 10.9 Å². The molecule has 136 valence electrons. The molecule has 1 aromatic heterocycles. The lowest BCUT2D eigenvalue weighted by molar-refractivity contribution is -0.138. The third-order valence-electron chi connectivity index (χ3n) is 5.35. The first kappa shape index (κ1) is 16.6. The van der Waals surface area contributed by atoms with E-state index < -0.39 is 5.54 Å². The molecule has 1 atom stereocenters. The SMILES string of the molecule is CC(Cn1cccn1)C(=O)N1CCC2(CC1)Nc1ccccc1NC2=O. The average molecular weight is 353 g/mol. The molecule has 2 aliphatic rings. The Labute approximate surface area is 152 Å². The van der Waals surface area contributed by atoms with E-state index in [-0.39, 0.29) is 17.7 Å². The highest BCUT2D eigenvalue weighted by Crippen LogP contribution is 2.36. The van der Waals surface area contributed by atoms with Gasteiger partial charge in [0, 0.05) is 25.5 Å². The van der Waals surface area contributed by atoms with Crippen molar-refractivity contribution in [2.45, 2.75) is 31.8 Å². The zero-order valence-corrected chi connectivity index (χ0v) is 14.8. The summed E-state index contributed by atoms with van der Waals surface area (Å²) in [5.41, 5.74) is 1.13. The fourth-order valence-electron chi connectivity index (χ4n) is 3.80. The molecule has 2 amide bonds. The van der Waals surface area contributed by atoms with Crippen molar-refractivity contribution in [1.82, 2.24) is 14.7 Å². The van der Waals surface area contributed by atoms with Crippen molar-refractivity contribution in [3.8, 4) is 0 Å². The van der Waals surface area contributed by atoms with Gasteiger partial charge in [-0.05, 0) is 31.0 Å². The van der Waals surface area contributed by atoms with Gasteiger partial charge in [0.1, 0.15) is 5.54 Å². The van der Waals surface area contributed by atoms with Crippen LogP contribution < -0.4 is 10.6 Å². The van der Waals surface area contributed by atoms with E-state index in [2.05, 4.69) is 15.7 Å². The van der Waals surface area contributed by atoms with Crippen LogP contribution in [0.15, 0.2) is 42.7 Å². The molecule has 2 aromatic rings. The van der Waals surface area contributed by atoms with Gasteiger partial charge in [0.15, 0.2) is 0 Å². The molecule has 0 aliphatic carbocycles. The summed E-state index contributed by atoms with van der Waals surface area (Å²) in [6.07, 6.45) is 4.79. The molecule has 1 fully saturated rings. The van der Waals surface area contributed by atoms with Crippen molar-refractivity contribution < 1.29 is 9.59 Å². The van der Waals surface area contributed by atoms with Crippen molar-refractivity contribution in [1.29, 1.82) is 0 Å². The smallest absolute Gasteiger partial charge is 0.250 e. The number of carbonyl (C=O) groups is 2. The molecule has 26 heavy (non-hydrogen) atoms. The highest BCUT2D eigenvalue weighted by Gasteiger charge is 2.45. The van der Waals surface area contributed by atoms with Crippen LogP contribution in [0.1, 0.15) is 19.8 Å². The molecule has 2 aliphatic heterocycles. The summed E-state index contributed by atoms with van der Waals surface area (Å²) in [6, 6.07) is 9.57. The summed E-state index contributed by atoms with van der Waals surface area (Å²) in [4.78, 5) is 27.3. The summed E-state index contributed by atoms with van der Waals surface area (Å²) < 4.78 is 1.78. The molecule has 7 heteroatoms. The fourth-order valence-corrected chi connectivity index (χ4v) is 3.80. The predicted molar refractivity (Wildman–Crippen MR) is 98.6 cm³/mol. The van der Waals surface area contributed by atoms with E-state index in [0.29, 0.717) is 32.5 Å². The number of amides is 2. The molecule has 0 bridgehead atoms. The van der Waals surface area contributed by atoms with Gasteiger partial charge in [-0.25, -0.2) is 0 Å². The van der Waals surface area contributed by atoms with Crippen LogP contribution in [0.4, 0.5) is 11.4 Å². The van der Waals surface area contributed by atoms with Crippen LogP contribution in [-0.4, -0.2) is 45.1 Å². The minimum absolute atomic E-state index is 0.00658. The molecular weight excluding hydrogens is 330 g/mol. The van der Waals surface area contributed by atoms with Crippen molar-refractivity contribution in [3.63, 3.8) is 0 Å². The second-order valence-corrected chi connectivity index (χ2v) is 7.16. The van der Waals surface area contributed by atoms with Crippen LogP contribution >= 0.6 is 0 Å². The summed E-state index contributed by atoms with van der Waals surface area (Å²) in [5.74, 6) is -0.0299. The zero-order chi connectivity index (χ0) is 18.1. The monoisotopic (exact) mass is 353 g/mol. The van der Waals surface area contributed by atoms with Crippen LogP contribution in [-0.2, 0) is 16.1 Å². The standard InChI is InChI=1S/C19H23N5O2/c1-14(13-24-10-4-9-20-24)17(25)23-11-7-19(8-12-23)18(26)21-15-5-2-3-6-16(15)22-19/h2-6,9-10,14,22H,7-8,11-13H2,1H3,(H,21,26). The lowest BCUT2D eigenvalue weighted by Gasteiger charge is -2.44. The number of hydrogen-bond acceptors (Lipinski definition) is 4. The molecule has 0 radical (unpaired) electrons. The number of para-hydroxylation sites is 2. The minimum Gasteiger partial charge on any atom is -0.369 e. The van der Waals surface area contributed by atoms with Gasteiger partial charge in [-0.3, -0.25) is 14.3 Å². The number of rotatable bonds is 3. The Morgan fingerprint density at radius 3 is 2.65 bits per heavy atom. The third kappa shape index (κ3) is 2.94. The molecule has 1 saturated heterocycles. The molecule has 1 aromatic carbocycles. The molecule has 1 unspecified atom stereocenters. The number of aromatic nitrogens is 2. The number of nitrogens with one attached hydrogen (secondary N) is 2. The Hall–Kier alpha value is -2.83. The molecule has 7 nitrogen and oxygen atoms in total. The van der Waals surface area contributed by atoms with Gasteiger partial charge in [0.05, 0.1) is 23.8 Å². The van der Waals surface area contributed by atoms with Crippen LogP contribution in [0.5, 0.6) is 0 Å². The summed E-state index contributed by atoms with van der Waals surface area (Å²) in [7, 11) is 0. The maximum atomic E-state index is 12.7. The first-order valence-corrected chi connectivity index (χ1v) is 9.02. The van der Waals surface area contributed by atoms with Gasteiger partial charge >= 0.3 is 0 Å². The van der Waals surface area contributed by atoms with E-state index in [0.717, 1.165) is 11.4 Å². The van der Waals surface area contributed by atoms with Crippen LogP contribution in [0, 0.1) is 5.92 Å². The average Bonchev–Trinajstić information content (AvgIpc) is 3.16. The van der Waals surface area contributed by atoms with Crippen molar-refractivity contribution in [3.05, 3.63) is 42.7 Å². The largest absolute Gasteiger partial charge is 0.369 e. The van der Waals surface area contributed by atoms with Crippen LogP contribution in [0.2, 0.25) is 0 Å². The van der Waals surface area contributed by atoms with E-state index >= 15 is 0 Å². The number of carbonyl (C=O) groups excluding carboxylic acids is 2. The molecule has 0 saturated carbocycles. The summed E-state index contributed by atoms with van der Waals surface area (Å²) in [5, 5.41) is 10.6. The van der Waals surface area contributed by atoms with Crippen molar-refractivity contribution in [2.75, 3.05) is 23.7 Å². The summed E-state index contributed by atoms with van der Waals surface area (Å²) >= 11 is 0. The highest BCUT2D eigenvalue weighted by atomic mass is 16.2. The third-order valence-corrected chi connectivity index (χ3v) is 5.35. The lowest BCUT2D eigenvalue weighted by Crippen LogP contribution is -2.59. The highest BCUT2D eigenvalue weighted by molar-refractivity contribution is 6.06. The second kappa shape index (κ2) is 6.48. The molecular formula is C19H23N5O2. The predicted octanol–water partition coefficient (Wildman–Crippen LogP) is 1.94. The number of anilines is 2. The number of benzene rings is 1. The number of likely N-dealkylation sites (tertiary alicyclic amines) is 1. The maximum Gasteiger partial charge on any atom is 0.250 e. The summed E-state index contributed by atoms with van der Waals surface area (Å²) in [6.45, 7) is 3.64. The molecule has 3 heterocycles. The Kier molecular flexibility index (Phi) is 4.14. The Morgan fingerprint density at radius 2 is 1.96 bits per heavy atom. The number of nitrogens with zero attached hydrogens (tertiary/aromatic N) is 3. The number of hydrogen-bond donors (Lipinski definition) is 2. The van der Waals surface area contributed by atoms with E-state index in [1.807, 2.05) is 48.4 Å². The maximum absolute atomic E-state index is 12.7. The van der Waals surface area contributed by atoms with Gasteiger partial charge in [0.25, 0.3) is 0 Å². The first-order valence-electron chi connectivity index (χ1n) is 9.02.